The van der Waals surface area contributed by atoms with Crippen molar-refractivity contribution in [2.45, 2.75) is 6.43 Å². The van der Waals surface area contributed by atoms with E-state index in [-0.39, 0.29) is 21.8 Å². The van der Waals surface area contributed by atoms with Crippen LogP contribution in [0.1, 0.15) is 12.1 Å². The number of aromatic amines is 1. The zero-order valence-corrected chi connectivity index (χ0v) is 11.5. The summed E-state index contributed by atoms with van der Waals surface area (Å²) < 4.78 is 30.2. The third-order valence-electron chi connectivity index (χ3n) is 2.77. The number of rotatable bonds is 2. The highest BCUT2D eigenvalue weighted by Crippen LogP contribution is 2.32. The number of fused-ring (bicyclic) bond motifs is 1. The van der Waals surface area contributed by atoms with Gasteiger partial charge in [0.2, 0.25) is 0 Å². The molecule has 0 fully saturated rings. The van der Waals surface area contributed by atoms with E-state index in [1.807, 2.05) is 0 Å². The molecule has 0 aliphatic rings. The summed E-state index contributed by atoms with van der Waals surface area (Å²) in [7, 11) is 0. The highest BCUT2D eigenvalue weighted by atomic mass is 35.5. The first-order valence-electron chi connectivity index (χ1n) is 5.59. The van der Waals surface area contributed by atoms with Crippen LogP contribution in [0.4, 0.5) is 8.78 Å². The number of nitrogens with zero attached hydrogens (tertiary/aromatic N) is 2. The number of benzene rings is 1. The van der Waals surface area contributed by atoms with E-state index in [9.17, 15) is 13.6 Å². The second kappa shape index (κ2) is 5.09. The van der Waals surface area contributed by atoms with Crippen LogP contribution in [-0.4, -0.2) is 15.0 Å². The molecule has 108 valence electrons. The van der Waals surface area contributed by atoms with Gasteiger partial charge in [-0.2, -0.15) is 0 Å². The fraction of sp³-hybridized carbons (Fsp3) is 0.0833. The molecule has 3 aromatic rings. The average molecular weight is 332 g/mol. The number of H-pyrrole nitrogens is 1. The van der Waals surface area contributed by atoms with Gasteiger partial charge in [-0.25, -0.2) is 23.5 Å². The normalized spacial score (nSPS) is 11.5. The summed E-state index contributed by atoms with van der Waals surface area (Å²) >= 11 is 11.6. The van der Waals surface area contributed by atoms with Crippen molar-refractivity contribution >= 4 is 34.3 Å². The average Bonchev–Trinajstić information content (AvgIpc) is 2.81. The van der Waals surface area contributed by atoms with E-state index in [0.29, 0.717) is 5.56 Å². The molecule has 0 aliphatic heterocycles. The Bertz CT molecular complexity index is 892. The fourth-order valence-electron chi connectivity index (χ4n) is 1.86. The summed E-state index contributed by atoms with van der Waals surface area (Å²) in [4.78, 5) is 21.2. The molecule has 2 heterocycles. The van der Waals surface area contributed by atoms with Crippen LogP contribution in [0.3, 0.4) is 0 Å². The number of aromatic nitrogens is 3. The molecule has 0 spiro atoms. The van der Waals surface area contributed by atoms with Crippen molar-refractivity contribution in [3.8, 4) is 11.3 Å². The van der Waals surface area contributed by atoms with Gasteiger partial charge in [-0.1, -0.05) is 23.2 Å². The molecule has 5 nitrogen and oxygen atoms in total. The van der Waals surface area contributed by atoms with E-state index in [1.165, 1.54) is 12.1 Å². The van der Waals surface area contributed by atoms with Crippen molar-refractivity contribution < 1.29 is 13.2 Å². The molecule has 1 N–H and O–H groups in total. The second-order valence-electron chi connectivity index (χ2n) is 4.05. The molecule has 9 heteroatoms. The Hall–Kier alpha value is -1.99. The topological polar surface area (TPSA) is 71.8 Å². The Morgan fingerprint density at radius 3 is 2.71 bits per heavy atom. The first kappa shape index (κ1) is 14.0. The van der Waals surface area contributed by atoms with Crippen molar-refractivity contribution in [1.82, 2.24) is 15.0 Å². The lowest BCUT2D eigenvalue weighted by atomic mass is 10.1. The van der Waals surface area contributed by atoms with E-state index in [1.54, 1.807) is 0 Å². The monoisotopic (exact) mass is 331 g/mol. The van der Waals surface area contributed by atoms with Gasteiger partial charge in [0.05, 0.1) is 16.9 Å². The molecule has 0 atom stereocenters. The molecule has 0 bridgehead atoms. The third kappa shape index (κ3) is 2.38. The largest absolute Gasteiger partial charge is 0.417 e. The van der Waals surface area contributed by atoms with Crippen LogP contribution in [0.15, 0.2) is 27.5 Å². The lowest BCUT2D eigenvalue weighted by molar-refractivity contribution is 0.146. The van der Waals surface area contributed by atoms with Gasteiger partial charge in [-0.15, -0.1) is 0 Å². The first-order valence-corrected chi connectivity index (χ1v) is 6.35. The van der Waals surface area contributed by atoms with Gasteiger partial charge in [0, 0.05) is 5.56 Å². The smallest absolute Gasteiger partial charge is 0.407 e. The van der Waals surface area contributed by atoms with Gasteiger partial charge in [-0.05, 0) is 12.1 Å². The second-order valence-corrected chi connectivity index (χ2v) is 4.81. The van der Waals surface area contributed by atoms with E-state index in [0.717, 1.165) is 6.20 Å². The molecule has 0 radical (unpaired) electrons. The third-order valence-corrected chi connectivity index (χ3v) is 3.36. The SMILES string of the molecule is O=c1[nH]c2c(Cl)ccc(-c3cnc(C(F)F)c(Cl)n3)c2o1. The Kier molecular flexibility index (Phi) is 3.38. The highest BCUT2D eigenvalue weighted by molar-refractivity contribution is 6.35. The van der Waals surface area contributed by atoms with Crippen LogP contribution in [0, 0.1) is 0 Å². The van der Waals surface area contributed by atoms with E-state index >= 15 is 0 Å². The van der Waals surface area contributed by atoms with Gasteiger partial charge < -0.3 is 4.42 Å². The predicted molar refractivity (Wildman–Crippen MR) is 72.8 cm³/mol. The molecule has 1 aromatic carbocycles. The van der Waals surface area contributed by atoms with Crippen LogP contribution >= 0.6 is 23.2 Å². The quantitative estimate of drug-likeness (QED) is 0.774. The molecule has 0 saturated heterocycles. The predicted octanol–water partition coefficient (Wildman–Crippen LogP) is 3.82. The van der Waals surface area contributed by atoms with Gasteiger partial charge in [0.15, 0.2) is 10.7 Å². The van der Waals surface area contributed by atoms with Crippen molar-refractivity contribution in [2.75, 3.05) is 0 Å². The summed E-state index contributed by atoms with van der Waals surface area (Å²) in [5.74, 6) is -0.692. The van der Waals surface area contributed by atoms with Crippen molar-refractivity contribution in [3.63, 3.8) is 0 Å². The molecule has 0 unspecified atom stereocenters. The molecule has 2 aromatic heterocycles. The number of hydrogen-bond acceptors (Lipinski definition) is 4. The number of oxazole rings is 1. The van der Waals surface area contributed by atoms with Crippen molar-refractivity contribution in [3.05, 3.63) is 44.7 Å². The van der Waals surface area contributed by atoms with Gasteiger partial charge in [-0.3, -0.25) is 4.98 Å². The fourth-order valence-corrected chi connectivity index (χ4v) is 2.27. The molecular formula is C12H5Cl2F2N3O2. The van der Waals surface area contributed by atoms with Crippen LogP contribution in [0.5, 0.6) is 0 Å². The van der Waals surface area contributed by atoms with Crippen molar-refractivity contribution in [1.29, 1.82) is 0 Å². The zero-order chi connectivity index (χ0) is 15.1. The molecule has 0 amide bonds. The number of nitrogens with one attached hydrogen (secondary N) is 1. The molecular weight excluding hydrogens is 327 g/mol. The molecule has 21 heavy (non-hydrogen) atoms. The van der Waals surface area contributed by atoms with E-state index < -0.39 is 23.0 Å². The Labute approximate surface area is 125 Å². The number of halogens is 4. The highest BCUT2D eigenvalue weighted by Gasteiger charge is 2.18. The maximum atomic E-state index is 12.6. The summed E-state index contributed by atoms with van der Waals surface area (Å²) in [6, 6.07) is 3.05. The summed E-state index contributed by atoms with van der Waals surface area (Å²) in [6.07, 6.45) is -1.70. The van der Waals surface area contributed by atoms with E-state index in [2.05, 4.69) is 15.0 Å². The maximum absolute atomic E-state index is 12.6. The summed E-state index contributed by atoms with van der Waals surface area (Å²) in [6.45, 7) is 0. The van der Waals surface area contributed by atoms with Gasteiger partial charge in [0.25, 0.3) is 6.43 Å². The van der Waals surface area contributed by atoms with Crippen LogP contribution in [0.2, 0.25) is 10.2 Å². The molecule has 3 rings (SSSR count). The maximum Gasteiger partial charge on any atom is 0.417 e. The van der Waals surface area contributed by atoms with Gasteiger partial charge >= 0.3 is 5.76 Å². The minimum atomic E-state index is -2.82. The van der Waals surface area contributed by atoms with Crippen LogP contribution in [-0.2, 0) is 0 Å². The number of hydrogen-bond donors (Lipinski definition) is 1. The van der Waals surface area contributed by atoms with Crippen LogP contribution in [0.25, 0.3) is 22.4 Å². The minimum Gasteiger partial charge on any atom is -0.407 e. The minimum absolute atomic E-state index is 0.155. The zero-order valence-electron chi connectivity index (χ0n) is 10.0. The first-order chi connectivity index (χ1) is 9.97. The number of alkyl halides is 2. The van der Waals surface area contributed by atoms with E-state index in [4.69, 9.17) is 27.6 Å². The Morgan fingerprint density at radius 2 is 2.05 bits per heavy atom. The molecule has 0 aliphatic carbocycles. The Morgan fingerprint density at radius 1 is 1.29 bits per heavy atom. The van der Waals surface area contributed by atoms with Crippen LogP contribution < -0.4 is 5.76 Å². The van der Waals surface area contributed by atoms with Crippen molar-refractivity contribution in [2.24, 2.45) is 0 Å². The lowest BCUT2D eigenvalue weighted by Crippen LogP contribution is -1.96. The Balaban J connectivity index is 2.23. The van der Waals surface area contributed by atoms with Gasteiger partial charge in [0.1, 0.15) is 11.2 Å². The summed E-state index contributed by atoms with van der Waals surface area (Å²) in [5.41, 5.74) is 0.385. The lowest BCUT2D eigenvalue weighted by Gasteiger charge is -2.05. The molecule has 0 saturated carbocycles. The standard InChI is InChI=1S/C12H5Cl2F2N3O2/c13-5-2-1-4(9-7(5)19-12(20)21-9)6-3-17-8(11(15)16)10(14)18-6/h1-3,11H,(H,19,20). The summed E-state index contributed by atoms with van der Waals surface area (Å²) in [5, 5.41) is -0.133.